The smallest absolute Gasteiger partial charge is 0.133 e. The molecule has 0 fully saturated rings. The number of nitrogens with zero attached hydrogens (tertiary/aromatic N) is 2. The molecule has 0 aliphatic rings. The molecule has 3 heteroatoms. The molecular formula is C14H21N3. The Labute approximate surface area is 104 Å². The molecule has 0 radical (unpaired) electrons. The molecule has 3 nitrogen and oxygen atoms in total. The highest BCUT2D eigenvalue weighted by Gasteiger charge is 2.13. The molecule has 0 aliphatic heterocycles. The molecule has 0 saturated heterocycles. The predicted molar refractivity (Wildman–Crippen MR) is 74.3 cm³/mol. The second-order valence-corrected chi connectivity index (χ2v) is 3.91. The summed E-state index contributed by atoms with van der Waals surface area (Å²) in [5.74, 6) is 0.995. The number of rotatable bonds is 7. The van der Waals surface area contributed by atoms with E-state index in [1.54, 1.807) is 0 Å². The highest BCUT2D eigenvalue weighted by Crippen LogP contribution is 2.23. The van der Waals surface area contributed by atoms with Crippen LogP contribution in [0.2, 0.25) is 0 Å². The van der Waals surface area contributed by atoms with E-state index >= 15 is 0 Å². The third-order valence-corrected chi connectivity index (χ3v) is 2.71. The van der Waals surface area contributed by atoms with E-state index in [1.165, 1.54) is 5.56 Å². The predicted octanol–water partition coefficient (Wildman–Crippen LogP) is 2.54. The van der Waals surface area contributed by atoms with E-state index in [-0.39, 0.29) is 6.04 Å². The first kappa shape index (κ1) is 13.5. The van der Waals surface area contributed by atoms with Gasteiger partial charge >= 0.3 is 0 Å². The van der Waals surface area contributed by atoms with Crippen LogP contribution in [0.5, 0.6) is 0 Å². The van der Waals surface area contributed by atoms with Gasteiger partial charge in [0.05, 0.1) is 0 Å². The van der Waals surface area contributed by atoms with E-state index < -0.39 is 0 Å². The molecule has 1 rings (SSSR count). The first-order valence-corrected chi connectivity index (χ1v) is 5.83. The van der Waals surface area contributed by atoms with E-state index in [0.717, 1.165) is 18.9 Å². The van der Waals surface area contributed by atoms with Crippen molar-refractivity contribution in [2.75, 3.05) is 25.0 Å². The van der Waals surface area contributed by atoms with E-state index in [9.17, 15) is 0 Å². The van der Waals surface area contributed by atoms with Crippen LogP contribution in [0.1, 0.15) is 18.5 Å². The Morgan fingerprint density at radius 3 is 2.59 bits per heavy atom. The lowest BCUT2D eigenvalue weighted by molar-refractivity contribution is 0.646. The van der Waals surface area contributed by atoms with Crippen molar-refractivity contribution in [3.63, 3.8) is 0 Å². The molecule has 1 unspecified atom stereocenters. The summed E-state index contributed by atoms with van der Waals surface area (Å²) in [5.41, 5.74) is 1.19. The summed E-state index contributed by atoms with van der Waals surface area (Å²) in [5, 5.41) is 3.24. The summed E-state index contributed by atoms with van der Waals surface area (Å²) in [7, 11) is 1.95. The number of anilines is 1. The maximum atomic E-state index is 4.48. The molecular weight excluding hydrogens is 210 g/mol. The van der Waals surface area contributed by atoms with E-state index in [2.05, 4.69) is 41.3 Å². The van der Waals surface area contributed by atoms with Gasteiger partial charge in [0, 0.05) is 30.9 Å². The van der Waals surface area contributed by atoms with Gasteiger partial charge in [-0.3, -0.25) is 0 Å². The lowest BCUT2D eigenvalue weighted by Crippen LogP contribution is -2.27. The number of aromatic nitrogens is 1. The second-order valence-electron chi connectivity index (χ2n) is 3.91. The van der Waals surface area contributed by atoms with Crippen molar-refractivity contribution in [1.82, 2.24) is 10.3 Å². The fraction of sp³-hybridized carbons (Fsp3) is 0.357. The summed E-state index contributed by atoms with van der Waals surface area (Å²) < 4.78 is 0. The van der Waals surface area contributed by atoms with Crippen LogP contribution in [0.4, 0.5) is 5.82 Å². The molecule has 1 heterocycles. The van der Waals surface area contributed by atoms with Crippen molar-refractivity contribution in [3.8, 4) is 0 Å². The van der Waals surface area contributed by atoms with Crippen molar-refractivity contribution in [2.24, 2.45) is 0 Å². The highest BCUT2D eigenvalue weighted by atomic mass is 15.2. The average molecular weight is 231 g/mol. The van der Waals surface area contributed by atoms with Crippen LogP contribution in [0.3, 0.4) is 0 Å². The van der Waals surface area contributed by atoms with Gasteiger partial charge in [0.1, 0.15) is 5.82 Å². The van der Waals surface area contributed by atoms with Crippen molar-refractivity contribution in [2.45, 2.75) is 13.0 Å². The van der Waals surface area contributed by atoms with Gasteiger partial charge in [0.25, 0.3) is 0 Å². The minimum Gasteiger partial charge on any atom is -0.349 e. The fourth-order valence-corrected chi connectivity index (χ4v) is 1.73. The Balaban J connectivity index is 3.07. The second kappa shape index (κ2) is 6.86. The van der Waals surface area contributed by atoms with Crippen molar-refractivity contribution in [3.05, 3.63) is 49.2 Å². The molecule has 0 aromatic carbocycles. The minimum atomic E-state index is 0.274. The molecule has 1 aromatic heterocycles. The first-order chi connectivity index (χ1) is 8.24. The fourth-order valence-electron chi connectivity index (χ4n) is 1.73. The molecule has 92 valence electrons. The Kier molecular flexibility index (Phi) is 5.43. The molecule has 0 saturated carbocycles. The van der Waals surface area contributed by atoms with Crippen LogP contribution in [0, 0.1) is 0 Å². The molecule has 1 aromatic rings. The van der Waals surface area contributed by atoms with Crippen molar-refractivity contribution >= 4 is 5.82 Å². The van der Waals surface area contributed by atoms with Gasteiger partial charge in [-0.05, 0) is 20.0 Å². The SMILES string of the molecule is C=CCN(CC=C)c1ncccc1C(C)NC. The lowest BCUT2D eigenvalue weighted by atomic mass is 10.1. The number of nitrogens with one attached hydrogen (secondary N) is 1. The standard InChI is InChI=1S/C14H21N3/c1-5-10-17(11-6-2)14-13(12(3)15-4)8-7-9-16-14/h5-9,12,15H,1-2,10-11H2,3-4H3. The van der Waals surface area contributed by atoms with Crippen LogP contribution < -0.4 is 10.2 Å². The van der Waals surface area contributed by atoms with Gasteiger partial charge in [0.15, 0.2) is 0 Å². The zero-order chi connectivity index (χ0) is 12.7. The van der Waals surface area contributed by atoms with Gasteiger partial charge in [-0.2, -0.15) is 0 Å². The minimum absolute atomic E-state index is 0.274. The van der Waals surface area contributed by atoms with Crippen molar-refractivity contribution in [1.29, 1.82) is 0 Å². The number of hydrogen-bond donors (Lipinski definition) is 1. The summed E-state index contributed by atoms with van der Waals surface area (Å²) in [4.78, 5) is 6.63. The normalized spacial score (nSPS) is 11.9. The Morgan fingerprint density at radius 2 is 2.06 bits per heavy atom. The number of hydrogen-bond acceptors (Lipinski definition) is 3. The molecule has 0 bridgehead atoms. The third-order valence-electron chi connectivity index (χ3n) is 2.71. The largest absolute Gasteiger partial charge is 0.349 e. The third kappa shape index (κ3) is 3.43. The van der Waals surface area contributed by atoms with Crippen molar-refractivity contribution < 1.29 is 0 Å². The van der Waals surface area contributed by atoms with Crippen LogP contribution in [0.25, 0.3) is 0 Å². The van der Waals surface area contributed by atoms with Gasteiger partial charge in [-0.15, -0.1) is 13.2 Å². The van der Waals surface area contributed by atoms with Crippen LogP contribution in [-0.4, -0.2) is 25.1 Å². The zero-order valence-corrected chi connectivity index (χ0v) is 10.7. The van der Waals surface area contributed by atoms with Gasteiger partial charge in [-0.1, -0.05) is 18.2 Å². The summed E-state index contributed by atoms with van der Waals surface area (Å²) in [6.45, 7) is 11.2. The molecule has 1 atom stereocenters. The van der Waals surface area contributed by atoms with E-state index in [1.807, 2.05) is 31.5 Å². The average Bonchev–Trinajstić information content (AvgIpc) is 2.37. The number of pyridine rings is 1. The highest BCUT2D eigenvalue weighted by molar-refractivity contribution is 5.49. The van der Waals surface area contributed by atoms with Gasteiger partial charge < -0.3 is 10.2 Å². The Bertz CT molecular complexity index is 363. The van der Waals surface area contributed by atoms with E-state index in [4.69, 9.17) is 0 Å². The molecule has 1 N–H and O–H groups in total. The lowest BCUT2D eigenvalue weighted by Gasteiger charge is -2.25. The molecule has 0 amide bonds. The zero-order valence-electron chi connectivity index (χ0n) is 10.7. The maximum absolute atomic E-state index is 4.48. The van der Waals surface area contributed by atoms with Crippen LogP contribution in [-0.2, 0) is 0 Å². The quantitative estimate of drug-likeness (QED) is 0.731. The summed E-state index contributed by atoms with van der Waals surface area (Å²) >= 11 is 0. The van der Waals surface area contributed by atoms with Crippen LogP contribution in [0.15, 0.2) is 43.6 Å². The summed E-state index contributed by atoms with van der Waals surface area (Å²) in [6.07, 6.45) is 5.58. The van der Waals surface area contributed by atoms with E-state index in [0.29, 0.717) is 0 Å². The first-order valence-electron chi connectivity index (χ1n) is 5.83. The monoisotopic (exact) mass is 231 g/mol. The molecule has 0 spiro atoms. The van der Waals surface area contributed by atoms with Gasteiger partial charge in [-0.25, -0.2) is 4.98 Å². The Hall–Kier alpha value is -1.61. The van der Waals surface area contributed by atoms with Crippen LogP contribution >= 0.6 is 0 Å². The topological polar surface area (TPSA) is 28.2 Å². The maximum Gasteiger partial charge on any atom is 0.133 e. The Morgan fingerprint density at radius 1 is 1.41 bits per heavy atom. The summed E-state index contributed by atoms with van der Waals surface area (Å²) in [6, 6.07) is 4.34. The molecule has 17 heavy (non-hydrogen) atoms. The molecule has 0 aliphatic carbocycles. The van der Waals surface area contributed by atoms with Gasteiger partial charge in [0.2, 0.25) is 0 Å².